The Morgan fingerprint density at radius 2 is 1.85 bits per heavy atom. The molecular weight excluding hydrogens is 340 g/mol. The number of pyridine rings is 1. The number of carbonyl (C=O) groups excluding carboxylic acids is 2. The van der Waals surface area contributed by atoms with E-state index in [0.717, 1.165) is 70.4 Å². The Kier molecular flexibility index (Phi) is 5.72. The van der Waals surface area contributed by atoms with E-state index in [1.54, 1.807) is 6.20 Å². The fourth-order valence-electron chi connectivity index (χ4n) is 4.42. The number of piperidine rings is 2. The maximum absolute atomic E-state index is 12.6. The quantitative estimate of drug-likeness (QED) is 0.859. The Morgan fingerprint density at radius 3 is 2.56 bits per heavy atom. The van der Waals surface area contributed by atoms with Gasteiger partial charge in [0.25, 0.3) is 0 Å². The molecule has 27 heavy (non-hydrogen) atoms. The number of carbonyl (C=O) groups is 2. The van der Waals surface area contributed by atoms with Gasteiger partial charge in [0.1, 0.15) is 0 Å². The van der Waals surface area contributed by atoms with E-state index in [1.165, 1.54) is 0 Å². The first-order valence-corrected chi connectivity index (χ1v) is 10.4. The standard InChI is InChI=1S/C21H30N4O2/c26-20(23-14-18-5-1-2-10-22-18)17-4-3-11-25(15-17)19-8-12-24(13-9-19)21(27)16-6-7-16/h1-2,5,10,16-17,19H,3-4,6-9,11-15H2,(H,23,26). The molecule has 1 aromatic rings. The molecule has 1 aliphatic carbocycles. The van der Waals surface area contributed by atoms with Crippen LogP contribution in [-0.2, 0) is 16.1 Å². The summed E-state index contributed by atoms with van der Waals surface area (Å²) in [5.41, 5.74) is 0.895. The van der Waals surface area contributed by atoms with Gasteiger partial charge in [0.2, 0.25) is 11.8 Å². The van der Waals surface area contributed by atoms with Gasteiger partial charge in [-0.05, 0) is 57.2 Å². The van der Waals surface area contributed by atoms with E-state index < -0.39 is 0 Å². The smallest absolute Gasteiger partial charge is 0.225 e. The van der Waals surface area contributed by atoms with Crippen LogP contribution in [-0.4, -0.2) is 58.8 Å². The lowest BCUT2D eigenvalue weighted by atomic mass is 9.93. The molecule has 1 aromatic heterocycles. The van der Waals surface area contributed by atoms with Crippen molar-refractivity contribution < 1.29 is 9.59 Å². The van der Waals surface area contributed by atoms with Gasteiger partial charge >= 0.3 is 0 Å². The summed E-state index contributed by atoms with van der Waals surface area (Å²) in [6.07, 6.45) is 8.04. The highest BCUT2D eigenvalue weighted by atomic mass is 16.2. The van der Waals surface area contributed by atoms with Gasteiger partial charge < -0.3 is 10.2 Å². The molecule has 0 spiro atoms. The number of hydrogen-bond acceptors (Lipinski definition) is 4. The molecule has 0 bridgehead atoms. The average Bonchev–Trinajstić information content (AvgIpc) is 3.58. The van der Waals surface area contributed by atoms with E-state index in [4.69, 9.17) is 0 Å². The monoisotopic (exact) mass is 370 g/mol. The van der Waals surface area contributed by atoms with Gasteiger partial charge in [0, 0.05) is 37.8 Å². The lowest BCUT2D eigenvalue weighted by Crippen LogP contribution is -2.51. The van der Waals surface area contributed by atoms with Gasteiger partial charge in [0.15, 0.2) is 0 Å². The van der Waals surface area contributed by atoms with Crippen LogP contribution in [0.1, 0.15) is 44.2 Å². The molecule has 3 aliphatic rings. The largest absolute Gasteiger partial charge is 0.350 e. The minimum Gasteiger partial charge on any atom is -0.350 e. The van der Waals surface area contributed by atoms with Crippen LogP contribution in [0.4, 0.5) is 0 Å². The Balaban J connectivity index is 1.24. The van der Waals surface area contributed by atoms with Gasteiger partial charge in [-0.3, -0.25) is 19.5 Å². The lowest BCUT2D eigenvalue weighted by molar-refractivity contribution is -0.134. The number of amides is 2. The molecule has 2 aliphatic heterocycles. The van der Waals surface area contributed by atoms with Gasteiger partial charge in [-0.1, -0.05) is 6.07 Å². The number of hydrogen-bond donors (Lipinski definition) is 1. The van der Waals surface area contributed by atoms with Gasteiger partial charge in [-0.2, -0.15) is 0 Å². The third-order valence-corrected chi connectivity index (χ3v) is 6.21. The Bertz CT molecular complexity index is 653. The van der Waals surface area contributed by atoms with Crippen molar-refractivity contribution in [3.63, 3.8) is 0 Å². The summed E-state index contributed by atoms with van der Waals surface area (Å²) in [4.78, 5) is 33.7. The van der Waals surface area contributed by atoms with E-state index in [0.29, 0.717) is 24.4 Å². The van der Waals surface area contributed by atoms with Crippen LogP contribution in [0.2, 0.25) is 0 Å². The van der Waals surface area contributed by atoms with Crippen molar-refractivity contribution in [2.75, 3.05) is 26.2 Å². The molecule has 1 N–H and O–H groups in total. The van der Waals surface area contributed by atoms with E-state index >= 15 is 0 Å². The molecule has 6 nitrogen and oxygen atoms in total. The second kappa shape index (κ2) is 8.38. The van der Waals surface area contributed by atoms with Crippen LogP contribution < -0.4 is 5.32 Å². The zero-order chi connectivity index (χ0) is 18.6. The van der Waals surface area contributed by atoms with E-state index in [1.807, 2.05) is 18.2 Å². The van der Waals surface area contributed by atoms with E-state index in [-0.39, 0.29) is 11.8 Å². The van der Waals surface area contributed by atoms with E-state index in [9.17, 15) is 9.59 Å². The van der Waals surface area contributed by atoms with Crippen LogP contribution in [0.15, 0.2) is 24.4 Å². The summed E-state index contributed by atoms with van der Waals surface area (Å²) in [5, 5.41) is 3.05. The zero-order valence-electron chi connectivity index (χ0n) is 16.0. The highest BCUT2D eigenvalue weighted by Crippen LogP contribution is 2.32. The molecule has 4 rings (SSSR count). The summed E-state index contributed by atoms with van der Waals surface area (Å²) in [6.45, 7) is 4.18. The number of rotatable bonds is 5. The molecular formula is C21H30N4O2. The molecule has 146 valence electrons. The fourth-order valence-corrected chi connectivity index (χ4v) is 4.42. The van der Waals surface area contributed by atoms with Gasteiger partial charge in [-0.15, -0.1) is 0 Å². The molecule has 1 unspecified atom stereocenters. The van der Waals surface area contributed by atoms with Crippen molar-refractivity contribution in [1.82, 2.24) is 20.1 Å². The first kappa shape index (κ1) is 18.4. The number of likely N-dealkylation sites (tertiary alicyclic amines) is 2. The van der Waals surface area contributed by atoms with Crippen molar-refractivity contribution in [2.24, 2.45) is 11.8 Å². The van der Waals surface area contributed by atoms with Gasteiger partial charge in [-0.25, -0.2) is 0 Å². The Morgan fingerprint density at radius 1 is 1.04 bits per heavy atom. The molecule has 2 amide bonds. The van der Waals surface area contributed by atoms with Crippen LogP contribution in [0.5, 0.6) is 0 Å². The highest BCUT2D eigenvalue weighted by molar-refractivity contribution is 5.81. The average molecular weight is 370 g/mol. The van der Waals surface area contributed by atoms with Crippen molar-refractivity contribution in [1.29, 1.82) is 0 Å². The highest BCUT2D eigenvalue weighted by Gasteiger charge is 2.37. The van der Waals surface area contributed by atoms with Crippen LogP contribution >= 0.6 is 0 Å². The second-order valence-electron chi connectivity index (χ2n) is 8.20. The summed E-state index contributed by atoms with van der Waals surface area (Å²) >= 11 is 0. The minimum atomic E-state index is 0.0635. The predicted octanol–water partition coefficient (Wildman–Crippen LogP) is 1.81. The summed E-state index contributed by atoms with van der Waals surface area (Å²) in [7, 11) is 0. The van der Waals surface area contributed by atoms with Crippen molar-refractivity contribution in [3.05, 3.63) is 30.1 Å². The SMILES string of the molecule is O=C(NCc1ccccn1)C1CCCN(C2CCN(C(=O)C3CC3)CC2)C1. The Labute approximate surface area is 161 Å². The molecule has 6 heteroatoms. The number of aromatic nitrogens is 1. The molecule has 3 heterocycles. The lowest BCUT2D eigenvalue weighted by Gasteiger charge is -2.42. The minimum absolute atomic E-state index is 0.0635. The summed E-state index contributed by atoms with van der Waals surface area (Å²) in [5.74, 6) is 0.905. The molecule has 1 atom stereocenters. The van der Waals surface area contributed by atoms with Crippen LogP contribution in [0.3, 0.4) is 0 Å². The topological polar surface area (TPSA) is 65.5 Å². The molecule has 1 saturated carbocycles. The van der Waals surface area contributed by atoms with Gasteiger partial charge in [0.05, 0.1) is 18.2 Å². The molecule has 0 aromatic carbocycles. The molecule has 2 saturated heterocycles. The maximum atomic E-state index is 12.6. The summed E-state index contributed by atoms with van der Waals surface area (Å²) in [6, 6.07) is 6.27. The molecule has 0 radical (unpaired) electrons. The number of nitrogens with zero attached hydrogens (tertiary/aromatic N) is 3. The zero-order valence-corrected chi connectivity index (χ0v) is 16.0. The predicted molar refractivity (Wildman–Crippen MR) is 103 cm³/mol. The summed E-state index contributed by atoms with van der Waals surface area (Å²) < 4.78 is 0. The first-order chi connectivity index (χ1) is 13.2. The second-order valence-corrected chi connectivity index (χ2v) is 8.20. The Hall–Kier alpha value is -1.95. The van der Waals surface area contributed by atoms with E-state index in [2.05, 4.69) is 20.1 Å². The first-order valence-electron chi connectivity index (χ1n) is 10.4. The normalized spacial score (nSPS) is 24.6. The van der Waals surface area contributed by atoms with Crippen molar-refractivity contribution >= 4 is 11.8 Å². The fraction of sp³-hybridized carbons (Fsp3) is 0.667. The maximum Gasteiger partial charge on any atom is 0.225 e. The number of nitrogens with one attached hydrogen (secondary N) is 1. The van der Waals surface area contributed by atoms with Crippen molar-refractivity contribution in [2.45, 2.75) is 51.1 Å². The van der Waals surface area contributed by atoms with Crippen LogP contribution in [0, 0.1) is 11.8 Å². The third-order valence-electron chi connectivity index (χ3n) is 6.21. The van der Waals surface area contributed by atoms with Crippen molar-refractivity contribution in [3.8, 4) is 0 Å². The third kappa shape index (κ3) is 4.67. The molecule has 3 fully saturated rings. The van der Waals surface area contributed by atoms with Crippen LogP contribution in [0.25, 0.3) is 0 Å².